The van der Waals surface area contributed by atoms with Gasteiger partial charge >= 0.3 is 0 Å². The Bertz CT molecular complexity index is 628. The van der Waals surface area contributed by atoms with Crippen LogP contribution < -0.4 is 0 Å². The van der Waals surface area contributed by atoms with Gasteiger partial charge in [-0.2, -0.15) is 0 Å². The molecule has 4 rings (SSSR count). The molecule has 1 saturated heterocycles. The minimum Gasteiger partial charge on any atom is -0.342 e. The quantitative estimate of drug-likeness (QED) is 0.451. The fraction of sp³-hybridized carbons (Fsp3) is 0.963. The Balaban J connectivity index is 1.66. The predicted octanol–water partition coefficient (Wildman–Crippen LogP) is 7.07. The third kappa shape index (κ3) is 3.49. The summed E-state index contributed by atoms with van der Waals surface area (Å²) in [6.45, 7) is 12.6. The zero-order valence-corrected chi connectivity index (χ0v) is 20.2. The van der Waals surface area contributed by atoms with Gasteiger partial charge in [-0.25, -0.2) is 0 Å². The lowest BCUT2D eigenvalue weighted by molar-refractivity contribution is -0.185. The molecule has 29 heavy (non-hydrogen) atoms. The zero-order chi connectivity index (χ0) is 21.0. The molecule has 2 unspecified atom stereocenters. The Morgan fingerprint density at radius 2 is 1.79 bits per heavy atom. The highest BCUT2D eigenvalue weighted by molar-refractivity contribution is 5.77. The predicted molar refractivity (Wildman–Crippen MR) is 122 cm³/mol. The van der Waals surface area contributed by atoms with Crippen LogP contribution in [0.1, 0.15) is 112 Å². The van der Waals surface area contributed by atoms with Gasteiger partial charge in [-0.1, -0.05) is 60.3 Å². The van der Waals surface area contributed by atoms with Gasteiger partial charge in [-0.3, -0.25) is 4.79 Å². The molecule has 4 aliphatic rings. The molecule has 7 atom stereocenters. The molecule has 3 saturated carbocycles. The first-order valence-corrected chi connectivity index (χ1v) is 12.9. The van der Waals surface area contributed by atoms with E-state index >= 15 is 0 Å². The fourth-order valence-electron chi connectivity index (χ4n) is 8.91. The molecule has 0 N–H and O–H groups in total. The third-order valence-electron chi connectivity index (χ3n) is 10.6. The van der Waals surface area contributed by atoms with Crippen LogP contribution in [-0.4, -0.2) is 23.9 Å². The number of unbranched alkanes of at least 4 members (excludes halogenated alkanes) is 1. The summed E-state index contributed by atoms with van der Waals surface area (Å²) in [4.78, 5) is 14.8. The van der Waals surface area contributed by atoms with Gasteiger partial charge < -0.3 is 4.90 Å². The molecular formula is C27H47NO. The molecule has 3 aliphatic carbocycles. The van der Waals surface area contributed by atoms with E-state index in [0.717, 1.165) is 36.5 Å². The molecular weight excluding hydrogens is 354 g/mol. The maximum atomic E-state index is 12.7. The molecule has 2 heteroatoms. The SMILES string of the molecule is CC(C)CCCCC1(C)CC2N(C)C(=O)CC[C@]2(C)[C@@H]2CC[C@]3(C)CCC[C@H]3[C@@H]21. The number of rotatable bonds is 5. The highest BCUT2D eigenvalue weighted by Crippen LogP contribution is 2.69. The minimum atomic E-state index is 0.342. The van der Waals surface area contributed by atoms with Crippen LogP contribution in [0.3, 0.4) is 0 Å². The van der Waals surface area contributed by atoms with Crippen LogP contribution in [0.25, 0.3) is 0 Å². The standard InChI is InChI=1S/C27H47NO/c1-19(2)10-7-8-14-26(4)18-22-27(5,17-13-23(29)28(22)6)21-12-16-25(3)15-9-11-20(25)24(21)26/h19-22,24H,7-18H2,1-6H3/t20-,21+,22?,24-,25-,26?,27+/m0/s1. The van der Waals surface area contributed by atoms with E-state index in [4.69, 9.17) is 0 Å². The first-order valence-electron chi connectivity index (χ1n) is 12.9. The van der Waals surface area contributed by atoms with Gasteiger partial charge in [0.1, 0.15) is 0 Å². The average molecular weight is 402 g/mol. The van der Waals surface area contributed by atoms with Crippen molar-refractivity contribution < 1.29 is 4.79 Å². The van der Waals surface area contributed by atoms with E-state index < -0.39 is 0 Å². The van der Waals surface area contributed by atoms with E-state index in [1.807, 2.05) is 0 Å². The number of hydrogen-bond acceptors (Lipinski definition) is 1. The monoisotopic (exact) mass is 401 g/mol. The Hall–Kier alpha value is -0.530. The molecule has 166 valence electrons. The second-order valence-corrected chi connectivity index (χ2v) is 12.8. The molecule has 0 aromatic heterocycles. The van der Waals surface area contributed by atoms with Crippen molar-refractivity contribution in [3.8, 4) is 0 Å². The van der Waals surface area contributed by atoms with E-state index in [0.29, 0.717) is 28.2 Å². The van der Waals surface area contributed by atoms with Crippen LogP contribution in [0.4, 0.5) is 0 Å². The number of nitrogens with zero attached hydrogens (tertiary/aromatic N) is 1. The van der Waals surface area contributed by atoms with Gasteiger partial charge in [0.25, 0.3) is 0 Å². The zero-order valence-electron chi connectivity index (χ0n) is 20.2. The summed E-state index contributed by atoms with van der Waals surface area (Å²) < 4.78 is 0. The smallest absolute Gasteiger partial charge is 0.222 e. The second-order valence-electron chi connectivity index (χ2n) is 12.8. The second kappa shape index (κ2) is 7.56. The number of hydrogen-bond donors (Lipinski definition) is 0. The molecule has 2 nitrogen and oxygen atoms in total. The van der Waals surface area contributed by atoms with E-state index in [9.17, 15) is 4.79 Å². The Morgan fingerprint density at radius 3 is 2.52 bits per heavy atom. The number of carbonyl (C=O) groups is 1. The van der Waals surface area contributed by atoms with Gasteiger partial charge in [-0.05, 0) is 84.9 Å². The molecule has 1 aliphatic heterocycles. The average Bonchev–Trinajstić information content (AvgIpc) is 3.06. The minimum absolute atomic E-state index is 0.342. The third-order valence-corrected chi connectivity index (χ3v) is 10.6. The number of piperidine rings is 1. The van der Waals surface area contributed by atoms with Crippen LogP contribution in [-0.2, 0) is 4.79 Å². The first-order chi connectivity index (χ1) is 13.6. The Kier molecular flexibility index (Phi) is 5.65. The summed E-state index contributed by atoms with van der Waals surface area (Å²) in [5.74, 6) is 3.85. The molecule has 0 bridgehead atoms. The summed E-state index contributed by atoms with van der Waals surface area (Å²) in [7, 11) is 2.12. The number of fused-ring (bicyclic) bond motifs is 5. The first kappa shape index (κ1) is 21.7. The van der Waals surface area contributed by atoms with E-state index in [2.05, 4.69) is 46.6 Å². The lowest BCUT2D eigenvalue weighted by Gasteiger charge is -2.67. The van der Waals surface area contributed by atoms with Crippen molar-refractivity contribution in [1.29, 1.82) is 0 Å². The van der Waals surface area contributed by atoms with Crippen LogP contribution in [0.5, 0.6) is 0 Å². The lowest BCUT2D eigenvalue weighted by atomic mass is 9.41. The highest BCUT2D eigenvalue weighted by Gasteiger charge is 2.64. The molecule has 0 aromatic carbocycles. The van der Waals surface area contributed by atoms with Crippen LogP contribution in [0.2, 0.25) is 0 Å². The van der Waals surface area contributed by atoms with Crippen LogP contribution >= 0.6 is 0 Å². The van der Waals surface area contributed by atoms with E-state index in [1.165, 1.54) is 64.2 Å². The summed E-state index contributed by atoms with van der Waals surface area (Å²) in [5, 5.41) is 0. The molecule has 0 aromatic rings. The Labute approximate surface area is 180 Å². The highest BCUT2D eigenvalue weighted by atomic mass is 16.2. The molecule has 0 spiro atoms. The normalized spacial score (nSPS) is 47.1. The molecule has 0 radical (unpaired) electrons. The van der Waals surface area contributed by atoms with Crippen molar-refractivity contribution in [2.45, 2.75) is 118 Å². The van der Waals surface area contributed by atoms with Crippen molar-refractivity contribution in [2.24, 2.45) is 39.9 Å². The van der Waals surface area contributed by atoms with Gasteiger partial charge in [0.2, 0.25) is 5.91 Å². The fourth-order valence-corrected chi connectivity index (χ4v) is 8.91. The van der Waals surface area contributed by atoms with Crippen LogP contribution in [0.15, 0.2) is 0 Å². The van der Waals surface area contributed by atoms with Gasteiger partial charge in [0.05, 0.1) is 0 Å². The summed E-state index contributed by atoms with van der Waals surface area (Å²) in [6, 6.07) is 0.464. The summed E-state index contributed by atoms with van der Waals surface area (Å²) in [6.07, 6.45) is 15.9. The number of amides is 1. The van der Waals surface area contributed by atoms with Crippen molar-refractivity contribution in [1.82, 2.24) is 4.90 Å². The largest absolute Gasteiger partial charge is 0.342 e. The van der Waals surface area contributed by atoms with Gasteiger partial charge in [-0.15, -0.1) is 0 Å². The van der Waals surface area contributed by atoms with Crippen molar-refractivity contribution in [3.63, 3.8) is 0 Å². The molecule has 4 fully saturated rings. The lowest BCUT2D eigenvalue weighted by Crippen LogP contribution is -2.65. The van der Waals surface area contributed by atoms with Gasteiger partial charge in [0, 0.05) is 19.5 Å². The van der Waals surface area contributed by atoms with Gasteiger partial charge in [0.15, 0.2) is 0 Å². The van der Waals surface area contributed by atoms with Crippen LogP contribution in [0, 0.1) is 39.9 Å². The number of likely N-dealkylation sites (tertiary alicyclic amines) is 1. The van der Waals surface area contributed by atoms with Crippen molar-refractivity contribution in [3.05, 3.63) is 0 Å². The maximum absolute atomic E-state index is 12.7. The summed E-state index contributed by atoms with van der Waals surface area (Å²) >= 11 is 0. The topological polar surface area (TPSA) is 20.3 Å². The van der Waals surface area contributed by atoms with E-state index in [-0.39, 0.29) is 0 Å². The summed E-state index contributed by atoms with van der Waals surface area (Å²) in [5.41, 5.74) is 1.35. The molecule has 1 amide bonds. The van der Waals surface area contributed by atoms with E-state index in [1.54, 1.807) is 0 Å². The molecule has 1 heterocycles. The number of carbonyl (C=O) groups excluding carboxylic acids is 1. The van der Waals surface area contributed by atoms with Crippen molar-refractivity contribution in [2.75, 3.05) is 7.05 Å². The maximum Gasteiger partial charge on any atom is 0.222 e. The van der Waals surface area contributed by atoms with Crippen molar-refractivity contribution >= 4 is 5.91 Å². The Morgan fingerprint density at radius 1 is 1.03 bits per heavy atom.